The third-order valence-electron chi connectivity index (χ3n) is 10.2. The number of furan rings is 1. The molecule has 0 radical (unpaired) electrons. The molecule has 0 spiro atoms. The summed E-state index contributed by atoms with van der Waals surface area (Å²) in [7, 11) is 0. The Morgan fingerprint density at radius 1 is 0.553 bits per heavy atom. The topological polar surface area (TPSA) is 30.4 Å². The first-order valence-corrected chi connectivity index (χ1v) is 16.2. The Morgan fingerprint density at radius 2 is 1.30 bits per heavy atom. The van der Waals surface area contributed by atoms with Gasteiger partial charge in [0.15, 0.2) is 0 Å². The zero-order valence-electron chi connectivity index (χ0n) is 26.2. The van der Waals surface area contributed by atoms with Crippen LogP contribution in [0.3, 0.4) is 0 Å². The van der Waals surface area contributed by atoms with E-state index in [1.807, 2.05) is 6.07 Å². The van der Waals surface area contributed by atoms with E-state index >= 15 is 0 Å². The number of nitrogens with zero attached hydrogens (tertiary/aromatic N) is 2. The van der Waals surface area contributed by atoms with E-state index in [9.17, 15) is 0 Å². The number of hydrogen-bond donors (Lipinski definition) is 0. The van der Waals surface area contributed by atoms with Gasteiger partial charge in [0.2, 0.25) is 0 Å². The van der Waals surface area contributed by atoms with Crippen LogP contribution in [0.2, 0.25) is 0 Å². The molecule has 0 fully saturated rings. The van der Waals surface area contributed by atoms with Crippen LogP contribution in [0.5, 0.6) is 0 Å². The van der Waals surface area contributed by atoms with Crippen LogP contribution < -0.4 is 0 Å². The largest absolute Gasteiger partial charge is 0.455 e. The summed E-state index contributed by atoms with van der Waals surface area (Å²) >= 11 is 0. The molecule has 222 valence electrons. The zero-order valence-corrected chi connectivity index (χ0v) is 26.2. The fraction of sp³-hybridized carbons (Fsp3) is 0.0682. The van der Waals surface area contributed by atoms with Crippen LogP contribution in [0.25, 0.3) is 83.1 Å². The minimum atomic E-state index is -0.0549. The fourth-order valence-electron chi connectivity index (χ4n) is 7.84. The predicted molar refractivity (Wildman–Crippen MR) is 194 cm³/mol. The van der Waals surface area contributed by atoms with Crippen LogP contribution in [0.15, 0.2) is 150 Å². The van der Waals surface area contributed by atoms with Crippen molar-refractivity contribution in [2.45, 2.75) is 19.3 Å². The number of benzene rings is 6. The average Bonchev–Trinajstić information content (AvgIpc) is 3.75. The van der Waals surface area contributed by atoms with E-state index in [0.29, 0.717) is 0 Å². The van der Waals surface area contributed by atoms with Crippen LogP contribution in [0, 0.1) is 0 Å². The van der Waals surface area contributed by atoms with Crippen molar-refractivity contribution in [2.75, 3.05) is 0 Å². The quantitative estimate of drug-likeness (QED) is 0.201. The van der Waals surface area contributed by atoms with E-state index in [1.165, 1.54) is 38.4 Å². The molecule has 0 unspecified atom stereocenters. The number of fused-ring (bicyclic) bond motifs is 8. The second-order valence-electron chi connectivity index (χ2n) is 13.2. The molecule has 3 heteroatoms. The molecule has 10 rings (SSSR count). The molecule has 1 aliphatic carbocycles. The minimum absolute atomic E-state index is 0.0549. The smallest absolute Gasteiger partial charge is 0.143 e. The number of hydrogen-bond acceptors (Lipinski definition) is 2. The SMILES string of the molecule is CC1(C)c2ccccc2-c2cc3oc4c(-c5ccc(-c6c(-c7ccc8ccccc8c7)nc7ccccn67)cc5)cccc4c3cc21. The molecule has 0 amide bonds. The summed E-state index contributed by atoms with van der Waals surface area (Å²) in [6.45, 7) is 4.65. The van der Waals surface area contributed by atoms with Crippen LogP contribution in [-0.2, 0) is 5.41 Å². The third kappa shape index (κ3) is 3.77. The second kappa shape index (κ2) is 9.54. The monoisotopic (exact) mass is 602 g/mol. The molecule has 9 aromatic rings. The molecular formula is C44H30N2O. The molecular weight excluding hydrogens is 572 g/mol. The Hall–Kier alpha value is -5.93. The van der Waals surface area contributed by atoms with Crippen molar-refractivity contribution in [2.24, 2.45) is 0 Å². The van der Waals surface area contributed by atoms with Crippen LogP contribution in [0.1, 0.15) is 25.0 Å². The lowest BCUT2D eigenvalue weighted by Crippen LogP contribution is -2.14. The number of para-hydroxylation sites is 1. The molecule has 0 bridgehead atoms. The van der Waals surface area contributed by atoms with E-state index < -0.39 is 0 Å². The van der Waals surface area contributed by atoms with Crippen molar-refractivity contribution in [3.8, 4) is 44.8 Å². The highest BCUT2D eigenvalue weighted by atomic mass is 16.3. The Labute approximate surface area is 272 Å². The number of pyridine rings is 1. The van der Waals surface area contributed by atoms with Gasteiger partial charge in [0.1, 0.15) is 16.8 Å². The van der Waals surface area contributed by atoms with Gasteiger partial charge in [0.25, 0.3) is 0 Å². The highest BCUT2D eigenvalue weighted by Gasteiger charge is 2.36. The summed E-state index contributed by atoms with van der Waals surface area (Å²) in [5.74, 6) is 0. The lowest BCUT2D eigenvalue weighted by Gasteiger charge is -2.21. The Bertz CT molecular complexity index is 2710. The number of aromatic nitrogens is 2. The summed E-state index contributed by atoms with van der Waals surface area (Å²) in [5, 5.41) is 4.75. The average molecular weight is 603 g/mol. The number of rotatable bonds is 3. The first-order valence-electron chi connectivity index (χ1n) is 16.2. The summed E-state index contributed by atoms with van der Waals surface area (Å²) in [5.41, 5.74) is 14.6. The van der Waals surface area contributed by atoms with Gasteiger partial charge >= 0.3 is 0 Å². The van der Waals surface area contributed by atoms with Crippen molar-refractivity contribution in [3.05, 3.63) is 157 Å². The van der Waals surface area contributed by atoms with Crippen molar-refractivity contribution in [3.63, 3.8) is 0 Å². The third-order valence-corrected chi connectivity index (χ3v) is 10.2. The van der Waals surface area contributed by atoms with Gasteiger partial charge in [-0.05, 0) is 68.9 Å². The molecule has 0 atom stereocenters. The van der Waals surface area contributed by atoms with E-state index in [0.717, 1.165) is 55.8 Å². The van der Waals surface area contributed by atoms with Crippen molar-refractivity contribution in [1.82, 2.24) is 9.38 Å². The minimum Gasteiger partial charge on any atom is -0.455 e. The molecule has 6 aromatic carbocycles. The van der Waals surface area contributed by atoms with Crippen LogP contribution in [0.4, 0.5) is 0 Å². The van der Waals surface area contributed by atoms with Crippen molar-refractivity contribution < 1.29 is 4.42 Å². The summed E-state index contributed by atoms with van der Waals surface area (Å²) in [6, 6.07) is 50.0. The maximum atomic E-state index is 6.70. The summed E-state index contributed by atoms with van der Waals surface area (Å²) in [6.07, 6.45) is 2.10. The maximum Gasteiger partial charge on any atom is 0.143 e. The lowest BCUT2D eigenvalue weighted by molar-refractivity contribution is 0.658. The fourth-order valence-corrected chi connectivity index (χ4v) is 7.84. The molecule has 0 saturated heterocycles. The summed E-state index contributed by atoms with van der Waals surface area (Å²) in [4.78, 5) is 5.11. The molecule has 0 N–H and O–H groups in total. The molecule has 0 aliphatic heterocycles. The van der Waals surface area contributed by atoms with E-state index in [1.54, 1.807) is 0 Å². The zero-order chi connectivity index (χ0) is 31.3. The van der Waals surface area contributed by atoms with Crippen LogP contribution >= 0.6 is 0 Å². The van der Waals surface area contributed by atoms with Gasteiger partial charge in [-0.25, -0.2) is 4.98 Å². The van der Waals surface area contributed by atoms with Gasteiger partial charge in [-0.15, -0.1) is 0 Å². The first-order chi connectivity index (χ1) is 23.0. The summed E-state index contributed by atoms with van der Waals surface area (Å²) < 4.78 is 8.90. The van der Waals surface area contributed by atoms with E-state index in [2.05, 4.69) is 158 Å². The number of imidazole rings is 1. The highest BCUT2D eigenvalue weighted by molar-refractivity contribution is 6.11. The Kier molecular flexibility index (Phi) is 5.34. The van der Waals surface area contributed by atoms with Crippen LogP contribution in [-0.4, -0.2) is 9.38 Å². The van der Waals surface area contributed by atoms with E-state index in [-0.39, 0.29) is 5.41 Å². The lowest BCUT2D eigenvalue weighted by atomic mass is 9.82. The van der Waals surface area contributed by atoms with Gasteiger partial charge in [-0.3, -0.25) is 4.40 Å². The predicted octanol–water partition coefficient (Wildman–Crippen LogP) is 11.7. The van der Waals surface area contributed by atoms with Crippen molar-refractivity contribution in [1.29, 1.82) is 0 Å². The molecule has 3 aromatic heterocycles. The highest BCUT2D eigenvalue weighted by Crippen LogP contribution is 2.51. The van der Waals surface area contributed by atoms with Gasteiger partial charge < -0.3 is 4.42 Å². The van der Waals surface area contributed by atoms with Crippen molar-refractivity contribution >= 4 is 38.4 Å². The van der Waals surface area contributed by atoms with Gasteiger partial charge in [-0.1, -0.05) is 123 Å². The van der Waals surface area contributed by atoms with Gasteiger partial charge in [0.05, 0.1) is 11.4 Å². The Morgan fingerprint density at radius 3 is 2.19 bits per heavy atom. The Balaban J connectivity index is 1.10. The standard InChI is InChI=1S/C44H30N2O/c1-44(2)37-15-6-5-12-33(37)35-26-39-36(25-38(35)44)34-14-9-13-32(43(34)47-39)28-18-20-29(21-19-28)42-41(45-40-16-7-8-23-46(40)42)31-22-17-27-10-3-4-11-30(27)24-31/h3-26H,1-2H3. The molecule has 1 aliphatic rings. The van der Waals surface area contributed by atoms with E-state index in [4.69, 9.17) is 9.40 Å². The second-order valence-corrected chi connectivity index (χ2v) is 13.2. The molecule has 47 heavy (non-hydrogen) atoms. The van der Waals surface area contributed by atoms with Gasteiger partial charge in [0, 0.05) is 39.1 Å². The van der Waals surface area contributed by atoms with Gasteiger partial charge in [-0.2, -0.15) is 0 Å². The molecule has 0 saturated carbocycles. The normalized spacial score (nSPS) is 13.5. The molecule has 3 heterocycles. The maximum absolute atomic E-state index is 6.70. The first kappa shape index (κ1) is 26.3. The molecule has 3 nitrogen and oxygen atoms in total.